The average Bonchev–Trinajstić information content (AvgIpc) is 2.80. The molecule has 0 spiro atoms. The molecule has 20 heavy (non-hydrogen) atoms. The Bertz CT molecular complexity index is 526. The number of thioether (sulfide) groups is 1. The van der Waals surface area contributed by atoms with Crippen LogP contribution in [-0.4, -0.2) is 12.2 Å². The summed E-state index contributed by atoms with van der Waals surface area (Å²) in [4.78, 5) is 13.2. The van der Waals surface area contributed by atoms with Gasteiger partial charge in [-0.25, -0.2) is 0 Å². The lowest BCUT2D eigenvalue weighted by atomic mass is 9.79. The van der Waals surface area contributed by atoms with Gasteiger partial charge >= 0.3 is 0 Å². The van der Waals surface area contributed by atoms with E-state index in [0.717, 1.165) is 23.8 Å². The van der Waals surface area contributed by atoms with E-state index in [1.165, 1.54) is 41.7 Å². The predicted molar refractivity (Wildman–Crippen MR) is 84.2 cm³/mol. The molecule has 0 radical (unpaired) electrons. The number of carbonyl (C=O) groups is 1. The molecule has 1 heterocycles. The van der Waals surface area contributed by atoms with Crippen molar-refractivity contribution >= 4 is 17.7 Å². The molecule has 2 atom stereocenters. The van der Waals surface area contributed by atoms with Crippen molar-refractivity contribution in [2.45, 2.75) is 50.5 Å². The molecule has 1 saturated carbocycles. The second-order valence-corrected chi connectivity index (χ2v) is 7.20. The highest BCUT2D eigenvalue weighted by molar-refractivity contribution is 7.98. The topological polar surface area (TPSA) is 29.1 Å². The predicted octanol–water partition coefficient (Wildman–Crippen LogP) is 4.02. The van der Waals surface area contributed by atoms with Crippen LogP contribution in [0.5, 0.6) is 0 Å². The van der Waals surface area contributed by atoms with Gasteiger partial charge in [0, 0.05) is 17.0 Å². The lowest BCUT2D eigenvalue weighted by Crippen LogP contribution is -2.16. The van der Waals surface area contributed by atoms with Gasteiger partial charge in [0.2, 0.25) is 0 Å². The molecule has 1 unspecified atom stereocenters. The van der Waals surface area contributed by atoms with Crippen molar-refractivity contribution < 1.29 is 4.79 Å². The van der Waals surface area contributed by atoms with E-state index in [9.17, 15) is 4.79 Å². The fraction of sp³-hybridized carbons (Fsp3) is 0.588. The summed E-state index contributed by atoms with van der Waals surface area (Å²) >= 11 is 1.76. The molecule has 1 aliphatic heterocycles. The van der Waals surface area contributed by atoms with Crippen LogP contribution in [0, 0.1) is 11.8 Å². The third-order valence-corrected chi connectivity index (χ3v) is 5.53. The monoisotopic (exact) mass is 289 g/mol. The summed E-state index contributed by atoms with van der Waals surface area (Å²) < 4.78 is 0. The Morgan fingerprint density at radius 1 is 1.35 bits per heavy atom. The quantitative estimate of drug-likeness (QED) is 0.852. The maximum atomic E-state index is 11.9. The molecule has 1 aromatic rings. The standard InChI is InChI=1S/C17H23NOS/c1-11-4-3-5-12(6-11)7-13-8-14-15(10-18-17(14)19)16(9-13)20-2/h8-9,11-12H,3-7,10H2,1-2H3,(H,18,19)/t11-,12?/m0/s1. The van der Waals surface area contributed by atoms with Crippen LogP contribution in [0.25, 0.3) is 0 Å². The molecule has 108 valence electrons. The summed E-state index contributed by atoms with van der Waals surface area (Å²) in [7, 11) is 0. The number of benzene rings is 1. The van der Waals surface area contributed by atoms with Crippen molar-refractivity contribution in [3.8, 4) is 0 Å². The molecule has 0 aromatic heterocycles. The summed E-state index contributed by atoms with van der Waals surface area (Å²) in [5.74, 6) is 1.77. The molecule has 3 rings (SSSR count). The Balaban J connectivity index is 1.83. The van der Waals surface area contributed by atoms with Crippen LogP contribution in [0.4, 0.5) is 0 Å². The fourth-order valence-electron chi connectivity index (χ4n) is 3.73. The second-order valence-electron chi connectivity index (χ2n) is 6.35. The van der Waals surface area contributed by atoms with E-state index in [-0.39, 0.29) is 5.91 Å². The highest BCUT2D eigenvalue weighted by Crippen LogP contribution is 2.34. The summed E-state index contributed by atoms with van der Waals surface area (Å²) in [5.41, 5.74) is 3.46. The highest BCUT2D eigenvalue weighted by atomic mass is 32.2. The van der Waals surface area contributed by atoms with Gasteiger partial charge < -0.3 is 5.32 Å². The molecular formula is C17H23NOS. The first-order valence-corrected chi connectivity index (χ1v) is 8.88. The van der Waals surface area contributed by atoms with Gasteiger partial charge in [0.25, 0.3) is 5.91 Å². The minimum absolute atomic E-state index is 0.106. The zero-order valence-corrected chi connectivity index (χ0v) is 13.2. The molecule has 1 amide bonds. The van der Waals surface area contributed by atoms with Gasteiger partial charge in [0.05, 0.1) is 0 Å². The maximum absolute atomic E-state index is 11.9. The minimum Gasteiger partial charge on any atom is -0.348 e. The van der Waals surface area contributed by atoms with E-state index in [2.05, 4.69) is 30.6 Å². The number of fused-ring (bicyclic) bond motifs is 1. The van der Waals surface area contributed by atoms with Gasteiger partial charge in [-0.2, -0.15) is 0 Å². The number of carbonyl (C=O) groups excluding carboxylic acids is 1. The van der Waals surface area contributed by atoms with Crippen LogP contribution in [0.3, 0.4) is 0 Å². The molecule has 1 N–H and O–H groups in total. The van der Waals surface area contributed by atoms with E-state index in [0.29, 0.717) is 6.54 Å². The molecule has 3 heteroatoms. The van der Waals surface area contributed by atoms with Gasteiger partial charge in [-0.15, -0.1) is 11.8 Å². The van der Waals surface area contributed by atoms with Crippen LogP contribution >= 0.6 is 11.8 Å². The largest absolute Gasteiger partial charge is 0.348 e. The van der Waals surface area contributed by atoms with Crippen molar-refractivity contribution in [2.75, 3.05) is 6.26 Å². The van der Waals surface area contributed by atoms with Crippen molar-refractivity contribution in [1.82, 2.24) is 5.32 Å². The normalized spacial score (nSPS) is 25.4. The first-order chi connectivity index (χ1) is 9.67. The second kappa shape index (κ2) is 5.80. The van der Waals surface area contributed by atoms with E-state index in [4.69, 9.17) is 0 Å². The Morgan fingerprint density at radius 3 is 2.95 bits per heavy atom. The van der Waals surface area contributed by atoms with Crippen LogP contribution < -0.4 is 5.32 Å². The van der Waals surface area contributed by atoms with Crippen LogP contribution in [-0.2, 0) is 13.0 Å². The Labute approximate surface area is 125 Å². The lowest BCUT2D eigenvalue weighted by molar-refractivity contribution is 0.0965. The molecule has 1 fully saturated rings. The van der Waals surface area contributed by atoms with Gasteiger partial charge in [-0.05, 0) is 54.2 Å². The first-order valence-electron chi connectivity index (χ1n) is 7.65. The number of hydrogen-bond donors (Lipinski definition) is 1. The molecule has 1 aromatic carbocycles. The van der Waals surface area contributed by atoms with Crippen molar-refractivity contribution in [2.24, 2.45) is 11.8 Å². The van der Waals surface area contributed by atoms with Crippen molar-refractivity contribution in [1.29, 1.82) is 0 Å². The fourth-order valence-corrected chi connectivity index (χ4v) is 4.43. The highest BCUT2D eigenvalue weighted by Gasteiger charge is 2.24. The van der Waals surface area contributed by atoms with E-state index < -0.39 is 0 Å². The number of hydrogen-bond acceptors (Lipinski definition) is 2. The van der Waals surface area contributed by atoms with Gasteiger partial charge in [-0.1, -0.05) is 26.2 Å². The van der Waals surface area contributed by atoms with Crippen LogP contribution in [0.2, 0.25) is 0 Å². The average molecular weight is 289 g/mol. The van der Waals surface area contributed by atoms with Gasteiger partial charge in [0.15, 0.2) is 0 Å². The zero-order chi connectivity index (χ0) is 14.1. The molecule has 2 nitrogen and oxygen atoms in total. The molecule has 1 aliphatic carbocycles. The summed E-state index contributed by atoms with van der Waals surface area (Å²) in [6.45, 7) is 3.07. The molecule has 0 bridgehead atoms. The summed E-state index contributed by atoms with van der Waals surface area (Å²) in [5, 5.41) is 2.95. The van der Waals surface area contributed by atoms with Crippen molar-refractivity contribution in [3.05, 3.63) is 28.8 Å². The summed E-state index contributed by atoms with van der Waals surface area (Å²) in [6.07, 6.45) is 8.69. The molecular weight excluding hydrogens is 266 g/mol. The number of rotatable bonds is 3. The van der Waals surface area contributed by atoms with Gasteiger partial charge in [-0.3, -0.25) is 4.79 Å². The minimum atomic E-state index is 0.106. The lowest BCUT2D eigenvalue weighted by Gasteiger charge is -2.27. The van der Waals surface area contributed by atoms with Gasteiger partial charge in [0.1, 0.15) is 0 Å². The third-order valence-electron chi connectivity index (χ3n) is 4.73. The first kappa shape index (κ1) is 14.0. The Hall–Kier alpha value is -0.960. The molecule has 2 aliphatic rings. The van der Waals surface area contributed by atoms with E-state index in [1.54, 1.807) is 11.8 Å². The van der Waals surface area contributed by atoms with Crippen LogP contribution in [0.1, 0.15) is 54.1 Å². The van der Waals surface area contributed by atoms with E-state index >= 15 is 0 Å². The zero-order valence-electron chi connectivity index (χ0n) is 12.4. The van der Waals surface area contributed by atoms with Crippen molar-refractivity contribution in [3.63, 3.8) is 0 Å². The summed E-state index contributed by atoms with van der Waals surface area (Å²) in [6, 6.07) is 4.44. The SMILES string of the molecule is CSc1cc(CC2CCC[C@H](C)C2)cc2c1CNC2=O. The maximum Gasteiger partial charge on any atom is 0.251 e. The molecule has 0 saturated heterocycles. The number of nitrogens with one attached hydrogen (secondary N) is 1. The Kier molecular flexibility index (Phi) is 4.06. The van der Waals surface area contributed by atoms with E-state index in [1.807, 2.05) is 0 Å². The smallest absolute Gasteiger partial charge is 0.251 e. The third kappa shape index (κ3) is 2.73. The number of amides is 1. The Morgan fingerprint density at radius 2 is 2.20 bits per heavy atom. The van der Waals surface area contributed by atoms with Crippen LogP contribution in [0.15, 0.2) is 17.0 Å².